The molecule has 1 aromatic rings. The number of aliphatic hydroxyl groups is 2. The van der Waals surface area contributed by atoms with Crippen molar-refractivity contribution < 1.29 is 14.9 Å². The number of ether oxygens (including phenoxy) is 1. The van der Waals surface area contributed by atoms with Gasteiger partial charge in [-0.2, -0.15) is 0 Å². The van der Waals surface area contributed by atoms with E-state index in [1.54, 1.807) is 13.1 Å². The van der Waals surface area contributed by atoms with Gasteiger partial charge < -0.3 is 19.8 Å². The Labute approximate surface area is 113 Å². The topological polar surface area (TPSA) is 65.8 Å². The molecule has 19 heavy (non-hydrogen) atoms. The molecule has 0 spiro atoms. The molecule has 0 aliphatic carbocycles. The minimum atomic E-state index is -0.736. The zero-order chi connectivity index (χ0) is 13.9. The molecule has 0 radical (unpaired) electrons. The molecule has 106 valence electrons. The van der Waals surface area contributed by atoms with E-state index in [0.717, 1.165) is 11.4 Å². The Morgan fingerprint density at radius 3 is 2.79 bits per heavy atom. The zero-order valence-electron chi connectivity index (χ0n) is 11.5. The third-order valence-electron chi connectivity index (χ3n) is 3.58. The van der Waals surface area contributed by atoms with E-state index >= 15 is 0 Å². The summed E-state index contributed by atoms with van der Waals surface area (Å²) in [7, 11) is 1.89. The fourth-order valence-corrected chi connectivity index (χ4v) is 2.48. The smallest absolute Gasteiger partial charge is 0.134 e. The summed E-state index contributed by atoms with van der Waals surface area (Å²) in [4.78, 5) is 6.23. The van der Waals surface area contributed by atoms with E-state index in [1.807, 2.05) is 24.1 Å². The zero-order valence-corrected chi connectivity index (χ0v) is 11.5. The fourth-order valence-electron chi connectivity index (χ4n) is 2.48. The van der Waals surface area contributed by atoms with Gasteiger partial charge in [-0.15, -0.1) is 0 Å². The van der Waals surface area contributed by atoms with Crippen molar-refractivity contribution in [2.45, 2.75) is 31.5 Å². The number of hydrogen-bond donors (Lipinski definition) is 2. The predicted molar refractivity (Wildman–Crippen MR) is 73.1 cm³/mol. The normalized spacial score (nSPS) is 20.0. The van der Waals surface area contributed by atoms with E-state index in [4.69, 9.17) is 4.74 Å². The molecule has 2 heterocycles. The molecule has 0 amide bonds. The first kappa shape index (κ1) is 14.2. The summed E-state index contributed by atoms with van der Waals surface area (Å²) in [6.07, 6.45) is 2.39. The molecular formula is C14H22N2O3. The Morgan fingerprint density at radius 1 is 1.47 bits per heavy atom. The Morgan fingerprint density at radius 2 is 2.16 bits per heavy atom. The van der Waals surface area contributed by atoms with Crippen molar-refractivity contribution in [1.29, 1.82) is 0 Å². The molecule has 1 aromatic heterocycles. The lowest BCUT2D eigenvalue weighted by Crippen LogP contribution is -2.46. The van der Waals surface area contributed by atoms with Crippen molar-refractivity contribution in [3.8, 4) is 0 Å². The van der Waals surface area contributed by atoms with Gasteiger partial charge in [0.25, 0.3) is 0 Å². The van der Waals surface area contributed by atoms with Gasteiger partial charge in [-0.25, -0.2) is 4.98 Å². The van der Waals surface area contributed by atoms with Crippen LogP contribution in [0.25, 0.3) is 0 Å². The lowest BCUT2D eigenvalue weighted by Gasteiger charge is -2.36. The van der Waals surface area contributed by atoms with Gasteiger partial charge in [0.05, 0.1) is 11.7 Å². The highest BCUT2D eigenvalue weighted by molar-refractivity contribution is 5.47. The van der Waals surface area contributed by atoms with Crippen LogP contribution in [0.15, 0.2) is 18.3 Å². The quantitative estimate of drug-likeness (QED) is 0.854. The first-order valence-corrected chi connectivity index (χ1v) is 6.66. The number of aliphatic hydroxyl groups excluding tert-OH is 1. The number of likely N-dealkylation sites (N-methyl/N-ethyl adjacent to an activating group) is 1. The maximum absolute atomic E-state index is 10.5. The molecule has 5 nitrogen and oxygen atoms in total. The molecule has 1 aliphatic heterocycles. The number of hydrogen-bond acceptors (Lipinski definition) is 5. The van der Waals surface area contributed by atoms with Crippen LogP contribution in [-0.2, 0) is 4.74 Å². The lowest BCUT2D eigenvalue weighted by molar-refractivity contribution is -0.0573. The highest BCUT2D eigenvalue weighted by atomic mass is 16.5. The molecule has 5 heteroatoms. The van der Waals surface area contributed by atoms with Gasteiger partial charge >= 0.3 is 0 Å². The van der Waals surface area contributed by atoms with E-state index in [2.05, 4.69) is 4.98 Å². The summed E-state index contributed by atoms with van der Waals surface area (Å²) in [5.41, 5.74) is 0.0428. The molecule has 1 fully saturated rings. The third kappa shape index (κ3) is 3.43. The highest BCUT2D eigenvalue weighted by Gasteiger charge is 2.32. The van der Waals surface area contributed by atoms with Crippen molar-refractivity contribution in [2.75, 3.05) is 31.7 Å². The summed E-state index contributed by atoms with van der Waals surface area (Å²) in [6.45, 7) is 3.40. The molecule has 1 saturated heterocycles. The Hall–Kier alpha value is -1.17. The number of pyridine rings is 1. The van der Waals surface area contributed by atoms with Crippen LogP contribution < -0.4 is 4.90 Å². The van der Waals surface area contributed by atoms with Crippen molar-refractivity contribution in [2.24, 2.45) is 0 Å². The van der Waals surface area contributed by atoms with Gasteiger partial charge in [-0.1, -0.05) is 6.07 Å². The second kappa shape index (κ2) is 5.86. The number of nitrogens with zero attached hydrogens (tertiary/aromatic N) is 2. The van der Waals surface area contributed by atoms with Gasteiger partial charge in [0, 0.05) is 51.4 Å². The number of aromatic nitrogens is 1. The van der Waals surface area contributed by atoms with Gasteiger partial charge in [0.15, 0.2) is 0 Å². The van der Waals surface area contributed by atoms with Crippen LogP contribution >= 0.6 is 0 Å². The van der Waals surface area contributed by atoms with Crippen molar-refractivity contribution in [1.82, 2.24) is 4.98 Å². The molecule has 2 N–H and O–H groups in total. The predicted octanol–water partition coefficient (Wildman–Crippen LogP) is 1.11. The van der Waals surface area contributed by atoms with Crippen LogP contribution in [0.1, 0.15) is 31.4 Å². The summed E-state index contributed by atoms with van der Waals surface area (Å²) in [5, 5.41) is 20.3. The van der Waals surface area contributed by atoms with E-state index < -0.39 is 11.7 Å². The fraction of sp³-hybridized carbons (Fsp3) is 0.643. The molecule has 2 rings (SSSR count). The molecular weight excluding hydrogens is 244 g/mol. The second-order valence-electron chi connectivity index (χ2n) is 5.28. The summed E-state index contributed by atoms with van der Waals surface area (Å²) in [5.74, 6) is 0.720. The van der Waals surface area contributed by atoms with Gasteiger partial charge in [0.1, 0.15) is 5.82 Å². The minimum absolute atomic E-state index is 0.493. The third-order valence-corrected chi connectivity index (χ3v) is 3.58. The number of anilines is 1. The Bertz CT molecular complexity index is 417. The summed E-state index contributed by atoms with van der Waals surface area (Å²) < 4.78 is 5.28. The lowest BCUT2D eigenvalue weighted by atomic mass is 9.94. The van der Waals surface area contributed by atoms with Gasteiger partial charge in [0.2, 0.25) is 0 Å². The Balaban J connectivity index is 2.13. The van der Waals surface area contributed by atoms with E-state index in [9.17, 15) is 10.2 Å². The van der Waals surface area contributed by atoms with Crippen molar-refractivity contribution in [3.05, 3.63) is 23.9 Å². The van der Waals surface area contributed by atoms with E-state index in [0.29, 0.717) is 32.6 Å². The highest BCUT2D eigenvalue weighted by Crippen LogP contribution is 2.27. The molecule has 1 aliphatic rings. The van der Waals surface area contributed by atoms with Crippen LogP contribution in [0.5, 0.6) is 0 Å². The number of rotatable bonds is 4. The standard InChI is InChI=1S/C14H22N2O3/c1-11(17)12-4-3-7-15-13(12)16(2)10-14(18)5-8-19-9-6-14/h3-4,7,11,17-18H,5-6,8-10H2,1-2H3. The van der Waals surface area contributed by atoms with E-state index in [1.165, 1.54) is 0 Å². The monoisotopic (exact) mass is 266 g/mol. The molecule has 0 saturated carbocycles. The molecule has 0 bridgehead atoms. The maximum atomic E-state index is 10.5. The first-order chi connectivity index (χ1) is 9.02. The van der Waals surface area contributed by atoms with Crippen molar-refractivity contribution >= 4 is 5.82 Å². The largest absolute Gasteiger partial charge is 0.389 e. The van der Waals surface area contributed by atoms with Crippen LogP contribution in [0.4, 0.5) is 5.82 Å². The average Bonchev–Trinajstić information content (AvgIpc) is 2.39. The van der Waals surface area contributed by atoms with Gasteiger partial charge in [-0.3, -0.25) is 0 Å². The maximum Gasteiger partial charge on any atom is 0.134 e. The first-order valence-electron chi connectivity index (χ1n) is 6.66. The van der Waals surface area contributed by atoms with Crippen LogP contribution in [0.3, 0.4) is 0 Å². The summed E-state index contributed by atoms with van der Waals surface area (Å²) in [6, 6.07) is 3.67. The second-order valence-corrected chi connectivity index (χ2v) is 5.28. The molecule has 1 unspecified atom stereocenters. The van der Waals surface area contributed by atoms with Crippen molar-refractivity contribution in [3.63, 3.8) is 0 Å². The van der Waals surface area contributed by atoms with Gasteiger partial charge in [-0.05, 0) is 13.0 Å². The average molecular weight is 266 g/mol. The SMILES string of the molecule is CC(O)c1cccnc1N(C)CC1(O)CCOCC1. The Kier molecular flexibility index (Phi) is 4.39. The van der Waals surface area contributed by atoms with E-state index in [-0.39, 0.29) is 0 Å². The van der Waals surface area contributed by atoms with Crippen LogP contribution in [0.2, 0.25) is 0 Å². The molecule has 1 atom stereocenters. The molecule has 0 aromatic carbocycles. The van der Waals surface area contributed by atoms with Crippen LogP contribution in [0, 0.1) is 0 Å². The summed E-state index contributed by atoms with van der Waals surface area (Å²) >= 11 is 0. The van der Waals surface area contributed by atoms with Crippen LogP contribution in [-0.4, -0.2) is 47.6 Å². The minimum Gasteiger partial charge on any atom is -0.389 e.